The van der Waals surface area contributed by atoms with Crippen LogP contribution in [0, 0.1) is 0 Å². The molecule has 21 heavy (non-hydrogen) atoms. The molecule has 7 heteroatoms. The predicted molar refractivity (Wildman–Crippen MR) is 76.8 cm³/mol. The van der Waals surface area contributed by atoms with Crippen molar-refractivity contribution in [2.45, 2.75) is 30.6 Å². The van der Waals surface area contributed by atoms with Crippen LogP contribution in [0.2, 0.25) is 0 Å². The predicted octanol–water partition coefficient (Wildman–Crippen LogP) is 1.87. The number of rotatable bonds is 6. The van der Waals surface area contributed by atoms with Gasteiger partial charge in [0.15, 0.2) is 0 Å². The zero-order valence-corrected chi connectivity index (χ0v) is 12.2. The lowest BCUT2D eigenvalue weighted by Crippen LogP contribution is -2.25. The molecule has 0 amide bonds. The van der Waals surface area contributed by atoms with Crippen LogP contribution in [0.4, 0.5) is 0 Å². The summed E-state index contributed by atoms with van der Waals surface area (Å²) in [7, 11) is -3.78. The number of carboxylic acids is 1. The van der Waals surface area contributed by atoms with Gasteiger partial charge in [0, 0.05) is 6.54 Å². The van der Waals surface area contributed by atoms with Crippen molar-refractivity contribution < 1.29 is 23.4 Å². The van der Waals surface area contributed by atoms with Crippen LogP contribution in [0.5, 0.6) is 5.75 Å². The maximum absolute atomic E-state index is 12.1. The summed E-state index contributed by atoms with van der Waals surface area (Å²) >= 11 is 0. The van der Waals surface area contributed by atoms with Crippen molar-refractivity contribution in [2.75, 3.05) is 6.54 Å². The number of aromatic hydroxyl groups is 1. The summed E-state index contributed by atoms with van der Waals surface area (Å²) in [6.45, 7) is 0.275. The summed E-state index contributed by atoms with van der Waals surface area (Å²) in [5.74, 6) is -1.83. The van der Waals surface area contributed by atoms with Gasteiger partial charge in [0.2, 0.25) is 10.0 Å². The highest BCUT2D eigenvalue weighted by molar-refractivity contribution is 7.89. The number of sulfonamides is 1. The topological polar surface area (TPSA) is 104 Å². The number of aromatic carboxylic acids is 1. The second-order valence-electron chi connectivity index (χ2n) is 4.89. The van der Waals surface area contributed by atoms with Crippen molar-refractivity contribution >= 4 is 16.0 Å². The van der Waals surface area contributed by atoms with E-state index >= 15 is 0 Å². The fourth-order valence-electron chi connectivity index (χ4n) is 2.25. The first-order chi connectivity index (χ1) is 9.90. The number of hydrogen-bond acceptors (Lipinski definition) is 4. The molecule has 1 aliphatic rings. The van der Waals surface area contributed by atoms with Gasteiger partial charge in [0.1, 0.15) is 11.3 Å². The Morgan fingerprint density at radius 2 is 2.10 bits per heavy atom. The van der Waals surface area contributed by atoms with Crippen LogP contribution < -0.4 is 4.72 Å². The molecule has 0 saturated carbocycles. The van der Waals surface area contributed by atoms with E-state index in [1.54, 1.807) is 0 Å². The molecule has 0 atom stereocenters. The SMILES string of the molecule is O=C(O)c1cc(S(=O)(=O)NCCC2=CCCC2)ccc1O. The normalized spacial score (nSPS) is 15.0. The molecule has 0 bridgehead atoms. The van der Waals surface area contributed by atoms with Gasteiger partial charge in [-0.25, -0.2) is 17.9 Å². The molecule has 0 fully saturated rings. The quantitative estimate of drug-likeness (QED) is 0.696. The zero-order chi connectivity index (χ0) is 15.5. The van der Waals surface area contributed by atoms with Gasteiger partial charge in [-0.05, 0) is 43.9 Å². The molecule has 3 N–H and O–H groups in total. The van der Waals surface area contributed by atoms with Crippen LogP contribution in [-0.4, -0.2) is 31.1 Å². The van der Waals surface area contributed by atoms with Crippen molar-refractivity contribution in [1.29, 1.82) is 0 Å². The van der Waals surface area contributed by atoms with Gasteiger partial charge in [-0.15, -0.1) is 0 Å². The molecule has 0 aliphatic heterocycles. The van der Waals surface area contributed by atoms with Crippen molar-refractivity contribution in [2.24, 2.45) is 0 Å². The summed E-state index contributed by atoms with van der Waals surface area (Å²) in [5, 5.41) is 18.3. The smallest absolute Gasteiger partial charge is 0.339 e. The van der Waals surface area contributed by atoms with Gasteiger partial charge in [0.05, 0.1) is 4.90 Å². The molecule has 1 aromatic rings. The molecule has 1 aliphatic carbocycles. The van der Waals surface area contributed by atoms with Gasteiger partial charge < -0.3 is 10.2 Å². The van der Waals surface area contributed by atoms with Gasteiger partial charge in [-0.1, -0.05) is 11.6 Å². The number of hydrogen-bond donors (Lipinski definition) is 3. The Labute approximate surface area is 123 Å². The van der Waals surface area contributed by atoms with E-state index in [0.29, 0.717) is 6.42 Å². The Morgan fingerprint density at radius 3 is 2.71 bits per heavy atom. The van der Waals surface area contributed by atoms with E-state index in [1.165, 1.54) is 11.6 Å². The van der Waals surface area contributed by atoms with Crippen LogP contribution in [-0.2, 0) is 10.0 Å². The van der Waals surface area contributed by atoms with E-state index in [-0.39, 0.29) is 11.4 Å². The average Bonchev–Trinajstić information content (AvgIpc) is 2.91. The minimum Gasteiger partial charge on any atom is -0.507 e. The van der Waals surface area contributed by atoms with Crippen molar-refractivity contribution in [3.63, 3.8) is 0 Å². The number of nitrogens with one attached hydrogen (secondary N) is 1. The number of carboxylic acid groups (broad SMARTS) is 1. The highest BCUT2D eigenvalue weighted by Crippen LogP contribution is 2.22. The fourth-order valence-corrected chi connectivity index (χ4v) is 3.30. The van der Waals surface area contributed by atoms with E-state index in [2.05, 4.69) is 10.8 Å². The van der Waals surface area contributed by atoms with Gasteiger partial charge in [-0.3, -0.25) is 0 Å². The lowest BCUT2D eigenvalue weighted by atomic mass is 10.2. The molecule has 0 heterocycles. The Kier molecular flexibility index (Phi) is 4.64. The Hall–Kier alpha value is -1.86. The third-order valence-corrected chi connectivity index (χ3v) is 4.84. The first kappa shape index (κ1) is 15.5. The zero-order valence-electron chi connectivity index (χ0n) is 11.4. The van der Waals surface area contributed by atoms with Crippen LogP contribution in [0.15, 0.2) is 34.7 Å². The minimum atomic E-state index is -3.78. The van der Waals surface area contributed by atoms with Crippen LogP contribution in [0.1, 0.15) is 36.0 Å². The summed E-state index contributed by atoms with van der Waals surface area (Å²) in [6.07, 6.45) is 5.94. The van der Waals surface area contributed by atoms with E-state index in [1.807, 2.05) is 0 Å². The lowest BCUT2D eigenvalue weighted by molar-refractivity contribution is 0.0693. The monoisotopic (exact) mass is 311 g/mol. The third kappa shape index (κ3) is 3.83. The minimum absolute atomic E-state index is 0.168. The number of allylic oxidation sites excluding steroid dienone is 1. The second kappa shape index (κ2) is 6.28. The molecule has 6 nitrogen and oxygen atoms in total. The van der Waals surface area contributed by atoms with Gasteiger partial charge in [-0.2, -0.15) is 0 Å². The molecular weight excluding hydrogens is 294 g/mol. The molecule has 0 radical (unpaired) electrons. The lowest BCUT2D eigenvalue weighted by Gasteiger charge is -2.08. The first-order valence-corrected chi connectivity index (χ1v) is 8.12. The van der Waals surface area contributed by atoms with Crippen LogP contribution >= 0.6 is 0 Å². The molecule has 0 aromatic heterocycles. The molecule has 0 saturated heterocycles. The fraction of sp³-hybridized carbons (Fsp3) is 0.357. The average molecular weight is 311 g/mol. The van der Waals surface area contributed by atoms with Gasteiger partial charge >= 0.3 is 5.97 Å². The highest BCUT2D eigenvalue weighted by Gasteiger charge is 2.18. The molecule has 0 spiro atoms. The Bertz CT molecular complexity index is 679. The molecule has 0 unspecified atom stereocenters. The summed E-state index contributed by atoms with van der Waals surface area (Å²) in [5.41, 5.74) is 0.811. The molecular formula is C14H17NO5S. The highest BCUT2D eigenvalue weighted by atomic mass is 32.2. The number of carbonyl (C=O) groups is 1. The van der Waals surface area contributed by atoms with Crippen molar-refractivity contribution in [1.82, 2.24) is 4.72 Å². The van der Waals surface area contributed by atoms with E-state index in [9.17, 15) is 18.3 Å². The molecule has 114 valence electrons. The summed E-state index contributed by atoms with van der Waals surface area (Å²) in [4.78, 5) is 10.7. The maximum Gasteiger partial charge on any atom is 0.339 e. The van der Waals surface area contributed by atoms with Crippen molar-refractivity contribution in [3.8, 4) is 5.75 Å². The third-order valence-electron chi connectivity index (χ3n) is 3.38. The standard InChI is InChI=1S/C14H17NO5S/c16-13-6-5-11(9-12(13)14(17)18)21(19,20)15-8-7-10-3-1-2-4-10/h3,5-6,9,15-16H,1-2,4,7-8H2,(H,17,18). The number of benzene rings is 1. The molecule has 2 rings (SSSR count). The summed E-state index contributed by atoms with van der Waals surface area (Å²) < 4.78 is 26.6. The van der Waals surface area contributed by atoms with Gasteiger partial charge in [0.25, 0.3) is 0 Å². The maximum atomic E-state index is 12.1. The van der Waals surface area contributed by atoms with E-state index in [4.69, 9.17) is 5.11 Å². The van der Waals surface area contributed by atoms with Crippen LogP contribution in [0.3, 0.4) is 0 Å². The van der Waals surface area contributed by atoms with E-state index in [0.717, 1.165) is 31.4 Å². The first-order valence-electron chi connectivity index (χ1n) is 6.64. The van der Waals surface area contributed by atoms with E-state index < -0.39 is 27.3 Å². The largest absolute Gasteiger partial charge is 0.507 e. The number of phenols is 1. The van der Waals surface area contributed by atoms with Crippen molar-refractivity contribution in [3.05, 3.63) is 35.4 Å². The second-order valence-corrected chi connectivity index (χ2v) is 6.65. The Balaban J connectivity index is 2.08. The summed E-state index contributed by atoms with van der Waals surface area (Å²) in [6, 6.07) is 3.20. The Morgan fingerprint density at radius 1 is 1.33 bits per heavy atom. The van der Waals surface area contributed by atoms with Crippen LogP contribution in [0.25, 0.3) is 0 Å². The molecule has 1 aromatic carbocycles.